The van der Waals surface area contributed by atoms with E-state index in [9.17, 15) is 5.11 Å². The van der Waals surface area contributed by atoms with E-state index in [0.29, 0.717) is 19.0 Å². The summed E-state index contributed by atoms with van der Waals surface area (Å²) in [6, 6.07) is 28.9. The summed E-state index contributed by atoms with van der Waals surface area (Å²) in [5.41, 5.74) is 4.31. The Morgan fingerprint density at radius 3 is 2.13 bits per heavy atom. The number of benzene rings is 3. The highest BCUT2D eigenvalue weighted by Gasteiger charge is 2.50. The lowest BCUT2D eigenvalue weighted by Crippen LogP contribution is -2.66. The minimum Gasteiger partial charge on any atom is -0.507 e. The van der Waals surface area contributed by atoms with Crippen LogP contribution >= 0.6 is 0 Å². The van der Waals surface area contributed by atoms with E-state index in [1.807, 2.05) is 18.2 Å². The molecule has 204 valence electrons. The van der Waals surface area contributed by atoms with Gasteiger partial charge >= 0.3 is 0 Å². The van der Waals surface area contributed by atoms with E-state index in [2.05, 4.69) is 107 Å². The molecule has 39 heavy (non-hydrogen) atoms. The number of ether oxygens (including phenoxy) is 1. The van der Waals surface area contributed by atoms with Crippen LogP contribution in [-0.2, 0) is 9.16 Å². The molecule has 1 N–H and O–H groups in total. The van der Waals surface area contributed by atoms with Crippen molar-refractivity contribution in [2.75, 3.05) is 13.2 Å². The Bertz CT molecular complexity index is 1260. The molecular formula is C35H42O3Si. The predicted molar refractivity (Wildman–Crippen MR) is 166 cm³/mol. The third-order valence-corrected chi connectivity index (χ3v) is 12.7. The van der Waals surface area contributed by atoms with E-state index >= 15 is 0 Å². The number of hydrogen-bond acceptors (Lipinski definition) is 3. The summed E-state index contributed by atoms with van der Waals surface area (Å²) >= 11 is 0. The molecule has 0 saturated carbocycles. The second-order valence-corrected chi connectivity index (χ2v) is 15.6. The number of phenolic OH excluding ortho intramolecular Hbond substituents is 1. The summed E-state index contributed by atoms with van der Waals surface area (Å²) in [6.07, 6.45) is 6.97. The lowest BCUT2D eigenvalue weighted by molar-refractivity contribution is 0.115. The van der Waals surface area contributed by atoms with Gasteiger partial charge in [0.15, 0.2) is 0 Å². The standard InChI is InChI=1S/C35H42O3Si/c1-6-28(25-29-15-13-14-20-33(29)36)21-22-34-32(23-24-37-34)27(2)26-38-39(35(3,4)5,30-16-9-7-10-17-30)31-18-11-8-12-19-31/h7-20,23,25,34,36H,2,6,21-22,24,26H2,1,3-5H3/b28-25+. The zero-order valence-electron chi connectivity index (χ0n) is 23.8. The monoisotopic (exact) mass is 538 g/mol. The average Bonchev–Trinajstić information content (AvgIpc) is 3.41. The topological polar surface area (TPSA) is 38.7 Å². The number of para-hydroxylation sites is 1. The molecular weight excluding hydrogens is 496 g/mol. The molecule has 1 aliphatic heterocycles. The van der Waals surface area contributed by atoms with Crippen LogP contribution in [0.4, 0.5) is 0 Å². The first-order valence-corrected chi connectivity index (χ1v) is 15.9. The van der Waals surface area contributed by atoms with Crippen molar-refractivity contribution in [3.05, 3.63) is 120 Å². The van der Waals surface area contributed by atoms with Crippen molar-refractivity contribution in [3.8, 4) is 5.75 Å². The summed E-state index contributed by atoms with van der Waals surface area (Å²) in [5, 5.41) is 12.7. The van der Waals surface area contributed by atoms with Crippen LogP contribution in [0.1, 0.15) is 52.5 Å². The van der Waals surface area contributed by atoms with E-state index < -0.39 is 8.32 Å². The van der Waals surface area contributed by atoms with Gasteiger partial charge in [-0.15, -0.1) is 0 Å². The van der Waals surface area contributed by atoms with E-state index in [1.54, 1.807) is 6.07 Å². The lowest BCUT2D eigenvalue weighted by atomic mass is 9.96. The normalized spacial score (nSPS) is 16.3. The fourth-order valence-corrected chi connectivity index (χ4v) is 10.2. The summed E-state index contributed by atoms with van der Waals surface area (Å²) in [4.78, 5) is 0. The van der Waals surface area contributed by atoms with E-state index in [1.165, 1.54) is 15.9 Å². The van der Waals surface area contributed by atoms with Crippen molar-refractivity contribution >= 4 is 24.8 Å². The van der Waals surface area contributed by atoms with Gasteiger partial charge in [0.25, 0.3) is 8.32 Å². The summed E-state index contributed by atoms with van der Waals surface area (Å²) in [7, 11) is -2.64. The van der Waals surface area contributed by atoms with Crippen molar-refractivity contribution in [1.82, 2.24) is 0 Å². The van der Waals surface area contributed by atoms with Crippen molar-refractivity contribution < 1.29 is 14.3 Å². The van der Waals surface area contributed by atoms with Gasteiger partial charge in [-0.2, -0.15) is 0 Å². The molecule has 3 aromatic rings. The molecule has 1 aliphatic rings. The molecule has 1 unspecified atom stereocenters. The summed E-state index contributed by atoms with van der Waals surface area (Å²) < 4.78 is 13.3. The number of aromatic hydroxyl groups is 1. The third kappa shape index (κ3) is 6.52. The second kappa shape index (κ2) is 12.8. The molecule has 3 nitrogen and oxygen atoms in total. The Balaban J connectivity index is 1.52. The Labute approximate surface area is 235 Å². The molecule has 3 aromatic carbocycles. The highest BCUT2D eigenvalue weighted by Crippen LogP contribution is 2.38. The van der Waals surface area contributed by atoms with Crippen molar-refractivity contribution in [2.45, 2.75) is 58.1 Å². The number of rotatable bonds is 11. The highest BCUT2D eigenvalue weighted by molar-refractivity contribution is 6.99. The van der Waals surface area contributed by atoms with Gasteiger partial charge in [-0.05, 0) is 51.9 Å². The summed E-state index contributed by atoms with van der Waals surface area (Å²) in [5.74, 6) is 0.315. The van der Waals surface area contributed by atoms with Crippen LogP contribution in [0.5, 0.6) is 5.75 Å². The van der Waals surface area contributed by atoms with Crippen LogP contribution in [-0.4, -0.2) is 32.7 Å². The molecule has 0 amide bonds. The van der Waals surface area contributed by atoms with Crippen molar-refractivity contribution in [1.29, 1.82) is 0 Å². The Kier molecular flexibility index (Phi) is 9.44. The van der Waals surface area contributed by atoms with Gasteiger partial charge in [0.05, 0.1) is 19.3 Å². The first-order chi connectivity index (χ1) is 18.8. The molecule has 0 spiro atoms. The SMILES string of the molecule is C=C(CO[Si](c1ccccc1)(c1ccccc1)C(C)(C)C)C1=CCOC1CC/C(=C/c1ccccc1O)CC. The quantitative estimate of drug-likeness (QED) is 0.258. The fourth-order valence-electron chi connectivity index (χ4n) is 5.62. The van der Waals surface area contributed by atoms with Crippen LogP contribution in [0.25, 0.3) is 6.08 Å². The molecule has 0 bridgehead atoms. The van der Waals surface area contributed by atoms with E-state index in [4.69, 9.17) is 9.16 Å². The maximum absolute atomic E-state index is 10.2. The molecule has 1 atom stereocenters. The van der Waals surface area contributed by atoms with Gasteiger partial charge in [-0.25, -0.2) is 0 Å². The van der Waals surface area contributed by atoms with E-state index in [-0.39, 0.29) is 11.1 Å². The predicted octanol–water partition coefficient (Wildman–Crippen LogP) is 7.42. The zero-order chi connectivity index (χ0) is 27.9. The second-order valence-electron chi connectivity index (χ2n) is 11.3. The van der Waals surface area contributed by atoms with Crippen LogP contribution in [0.2, 0.25) is 5.04 Å². The van der Waals surface area contributed by atoms with Gasteiger partial charge in [0.1, 0.15) is 5.75 Å². The third-order valence-electron chi connectivity index (χ3n) is 7.71. The van der Waals surface area contributed by atoms with Gasteiger partial charge in [0, 0.05) is 5.56 Å². The molecule has 4 rings (SSSR count). The Hall–Kier alpha value is -3.18. The van der Waals surface area contributed by atoms with Crippen molar-refractivity contribution in [3.63, 3.8) is 0 Å². The zero-order valence-corrected chi connectivity index (χ0v) is 24.8. The summed E-state index contributed by atoms with van der Waals surface area (Å²) in [6.45, 7) is 14.6. The maximum atomic E-state index is 10.2. The van der Waals surface area contributed by atoms with Crippen LogP contribution in [0.3, 0.4) is 0 Å². The molecule has 0 radical (unpaired) electrons. The molecule has 0 aromatic heterocycles. The smallest absolute Gasteiger partial charge is 0.261 e. The number of allylic oxidation sites excluding steroid dienone is 1. The largest absolute Gasteiger partial charge is 0.507 e. The van der Waals surface area contributed by atoms with Crippen LogP contribution in [0, 0.1) is 0 Å². The maximum Gasteiger partial charge on any atom is 0.261 e. The molecule has 1 heterocycles. The minimum absolute atomic E-state index is 0.000394. The molecule has 4 heteroatoms. The molecule has 0 saturated heterocycles. The number of phenols is 1. The first kappa shape index (κ1) is 28.8. The highest BCUT2D eigenvalue weighted by atomic mass is 28.4. The van der Waals surface area contributed by atoms with Gasteiger partial charge in [-0.3, -0.25) is 0 Å². The lowest BCUT2D eigenvalue weighted by Gasteiger charge is -2.43. The minimum atomic E-state index is -2.64. The van der Waals surface area contributed by atoms with Crippen molar-refractivity contribution in [2.24, 2.45) is 0 Å². The van der Waals surface area contributed by atoms with Crippen LogP contribution in [0.15, 0.2) is 114 Å². The first-order valence-electron chi connectivity index (χ1n) is 14.0. The van der Waals surface area contributed by atoms with Crippen LogP contribution < -0.4 is 10.4 Å². The average molecular weight is 539 g/mol. The Morgan fingerprint density at radius 2 is 1.56 bits per heavy atom. The van der Waals surface area contributed by atoms with E-state index in [0.717, 1.165) is 36.0 Å². The molecule has 0 fully saturated rings. The fraction of sp³-hybridized carbons (Fsp3) is 0.314. The van der Waals surface area contributed by atoms with Gasteiger partial charge in [0.2, 0.25) is 0 Å². The Morgan fingerprint density at radius 1 is 0.974 bits per heavy atom. The number of hydrogen-bond donors (Lipinski definition) is 1. The van der Waals surface area contributed by atoms with Gasteiger partial charge < -0.3 is 14.3 Å². The van der Waals surface area contributed by atoms with Gasteiger partial charge in [-0.1, -0.05) is 131 Å². The molecule has 0 aliphatic carbocycles.